The Hall–Kier alpha value is -0.610. The summed E-state index contributed by atoms with van der Waals surface area (Å²) in [5.74, 6) is -0.697. The predicted molar refractivity (Wildman–Crippen MR) is 71.4 cm³/mol. The molecule has 0 heterocycles. The summed E-state index contributed by atoms with van der Waals surface area (Å²) in [6.45, 7) is 13.2. The van der Waals surface area contributed by atoms with Crippen molar-refractivity contribution in [2.45, 2.75) is 46.6 Å². The van der Waals surface area contributed by atoms with Crippen LogP contribution in [0.4, 0.5) is 0 Å². The van der Waals surface area contributed by atoms with E-state index in [9.17, 15) is 4.79 Å². The molecule has 0 saturated carbocycles. The third-order valence-corrected chi connectivity index (χ3v) is 3.33. The van der Waals surface area contributed by atoms with Crippen molar-refractivity contribution in [2.75, 3.05) is 32.7 Å². The number of hydrogen-bond donors (Lipinski definition) is 1. The zero-order valence-corrected chi connectivity index (χ0v) is 11.8. The van der Waals surface area contributed by atoms with Gasteiger partial charge >= 0.3 is 5.97 Å². The average molecular weight is 244 g/mol. The lowest BCUT2D eigenvalue weighted by atomic mass is 10.2. The van der Waals surface area contributed by atoms with Gasteiger partial charge in [0.15, 0.2) is 0 Å². The number of carboxylic acid groups (broad SMARTS) is 1. The van der Waals surface area contributed by atoms with E-state index in [1.54, 1.807) is 0 Å². The maximum Gasteiger partial charge on any atom is 0.320 e. The standard InChI is InChI=1S/C13H28N2O2/c1-5-12(13(16)17)15(8-4)11-9-10-14(6-2)7-3/h12H,5-11H2,1-4H3,(H,16,17). The summed E-state index contributed by atoms with van der Waals surface area (Å²) in [6.07, 6.45) is 1.72. The highest BCUT2D eigenvalue weighted by atomic mass is 16.4. The molecule has 1 N–H and O–H groups in total. The second kappa shape index (κ2) is 9.42. The molecule has 0 fully saturated rings. The van der Waals surface area contributed by atoms with E-state index >= 15 is 0 Å². The van der Waals surface area contributed by atoms with Crippen molar-refractivity contribution >= 4 is 5.97 Å². The Morgan fingerprint density at radius 2 is 1.65 bits per heavy atom. The Labute approximate surface area is 106 Å². The quantitative estimate of drug-likeness (QED) is 0.637. The summed E-state index contributed by atoms with van der Waals surface area (Å²) < 4.78 is 0. The third-order valence-electron chi connectivity index (χ3n) is 3.33. The van der Waals surface area contributed by atoms with Crippen LogP contribution < -0.4 is 0 Å². The van der Waals surface area contributed by atoms with Gasteiger partial charge in [-0.15, -0.1) is 0 Å². The summed E-state index contributed by atoms with van der Waals surface area (Å²) in [4.78, 5) is 15.5. The van der Waals surface area contributed by atoms with Gasteiger partial charge in [-0.25, -0.2) is 0 Å². The number of carbonyl (C=O) groups is 1. The van der Waals surface area contributed by atoms with E-state index in [-0.39, 0.29) is 6.04 Å². The van der Waals surface area contributed by atoms with Crippen LogP contribution in [0.1, 0.15) is 40.5 Å². The van der Waals surface area contributed by atoms with Gasteiger partial charge in [0.25, 0.3) is 0 Å². The zero-order valence-electron chi connectivity index (χ0n) is 11.8. The first-order valence-electron chi connectivity index (χ1n) is 6.79. The van der Waals surface area contributed by atoms with Gasteiger partial charge in [-0.05, 0) is 39.0 Å². The lowest BCUT2D eigenvalue weighted by Gasteiger charge is -2.27. The van der Waals surface area contributed by atoms with Crippen molar-refractivity contribution in [3.63, 3.8) is 0 Å². The van der Waals surface area contributed by atoms with Crippen LogP contribution in [0.15, 0.2) is 0 Å². The first kappa shape index (κ1) is 16.4. The van der Waals surface area contributed by atoms with Crippen molar-refractivity contribution in [2.24, 2.45) is 0 Å². The molecule has 0 amide bonds. The number of likely N-dealkylation sites (N-methyl/N-ethyl adjacent to an activating group) is 1. The molecule has 0 spiro atoms. The first-order chi connectivity index (χ1) is 8.10. The number of aliphatic carboxylic acids is 1. The highest BCUT2D eigenvalue weighted by molar-refractivity contribution is 5.73. The fraction of sp³-hybridized carbons (Fsp3) is 0.923. The molecule has 0 bridgehead atoms. The minimum atomic E-state index is -0.697. The summed E-state index contributed by atoms with van der Waals surface area (Å²) in [6, 6.07) is -0.322. The molecule has 0 aliphatic heterocycles. The molecule has 0 aromatic heterocycles. The normalized spacial score (nSPS) is 13.3. The lowest BCUT2D eigenvalue weighted by molar-refractivity contribution is -0.143. The summed E-state index contributed by atoms with van der Waals surface area (Å²) in [5.41, 5.74) is 0. The Morgan fingerprint density at radius 3 is 2.00 bits per heavy atom. The molecule has 102 valence electrons. The van der Waals surface area contributed by atoms with Gasteiger partial charge in [0.2, 0.25) is 0 Å². The Morgan fingerprint density at radius 1 is 1.06 bits per heavy atom. The number of nitrogens with zero attached hydrogens (tertiary/aromatic N) is 2. The van der Waals surface area contributed by atoms with E-state index in [0.717, 1.165) is 39.1 Å². The largest absolute Gasteiger partial charge is 0.480 e. The van der Waals surface area contributed by atoms with Gasteiger partial charge < -0.3 is 10.0 Å². The maximum atomic E-state index is 11.1. The molecule has 0 aliphatic rings. The predicted octanol–water partition coefficient (Wildman–Crippen LogP) is 1.90. The average Bonchev–Trinajstić information content (AvgIpc) is 2.32. The lowest BCUT2D eigenvalue weighted by Crippen LogP contribution is -2.42. The molecule has 0 radical (unpaired) electrons. The topological polar surface area (TPSA) is 43.8 Å². The van der Waals surface area contributed by atoms with Crippen LogP contribution in [0.3, 0.4) is 0 Å². The Bertz CT molecular complexity index is 206. The van der Waals surface area contributed by atoms with Crippen LogP contribution in [0.25, 0.3) is 0 Å². The molecule has 1 atom stereocenters. The summed E-state index contributed by atoms with van der Waals surface area (Å²) in [7, 11) is 0. The monoisotopic (exact) mass is 244 g/mol. The molecule has 0 saturated heterocycles. The van der Waals surface area contributed by atoms with Gasteiger partial charge in [0, 0.05) is 6.54 Å². The van der Waals surface area contributed by atoms with Crippen molar-refractivity contribution in [3.8, 4) is 0 Å². The van der Waals surface area contributed by atoms with Crippen molar-refractivity contribution in [1.82, 2.24) is 9.80 Å². The van der Waals surface area contributed by atoms with Crippen molar-refractivity contribution < 1.29 is 9.90 Å². The third kappa shape index (κ3) is 6.03. The number of carboxylic acids is 1. The summed E-state index contributed by atoms with van der Waals surface area (Å²) >= 11 is 0. The molecule has 17 heavy (non-hydrogen) atoms. The summed E-state index contributed by atoms with van der Waals surface area (Å²) in [5, 5.41) is 9.12. The molecule has 4 nitrogen and oxygen atoms in total. The van der Waals surface area contributed by atoms with Crippen molar-refractivity contribution in [3.05, 3.63) is 0 Å². The number of hydrogen-bond acceptors (Lipinski definition) is 3. The van der Waals surface area contributed by atoms with Crippen LogP contribution >= 0.6 is 0 Å². The van der Waals surface area contributed by atoms with E-state index in [1.807, 2.05) is 13.8 Å². The molecule has 0 aromatic rings. The van der Waals surface area contributed by atoms with E-state index in [0.29, 0.717) is 6.42 Å². The molecule has 1 unspecified atom stereocenters. The minimum Gasteiger partial charge on any atom is -0.480 e. The second-order valence-corrected chi connectivity index (χ2v) is 4.27. The number of rotatable bonds is 10. The Balaban J connectivity index is 4.08. The van der Waals surface area contributed by atoms with E-state index in [2.05, 4.69) is 23.6 Å². The zero-order chi connectivity index (χ0) is 13.3. The highest BCUT2D eigenvalue weighted by Crippen LogP contribution is 2.06. The van der Waals surface area contributed by atoms with Crippen LogP contribution in [0, 0.1) is 0 Å². The van der Waals surface area contributed by atoms with Crippen molar-refractivity contribution in [1.29, 1.82) is 0 Å². The maximum absolute atomic E-state index is 11.1. The highest BCUT2D eigenvalue weighted by Gasteiger charge is 2.21. The van der Waals surface area contributed by atoms with E-state index in [1.165, 1.54) is 0 Å². The van der Waals surface area contributed by atoms with Crippen LogP contribution in [0.2, 0.25) is 0 Å². The van der Waals surface area contributed by atoms with Gasteiger partial charge in [-0.1, -0.05) is 27.7 Å². The fourth-order valence-electron chi connectivity index (χ4n) is 2.16. The first-order valence-corrected chi connectivity index (χ1v) is 6.79. The Kier molecular flexibility index (Phi) is 9.09. The SMILES string of the molecule is CCC(C(=O)O)N(CC)CCCN(CC)CC. The van der Waals surface area contributed by atoms with E-state index in [4.69, 9.17) is 5.11 Å². The van der Waals surface area contributed by atoms with Gasteiger partial charge in [0.05, 0.1) is 0 Å². The second-order valence-electron chi connectivity index (χ2n) is 4.27. The fourth-order valence-corrected chi connectivity index (χ4v) is 2.16. The smallest absolute Gasteiger partial charge is 0.320 e. The molecule has 0 aromatic carbocycles. The van der Waals surface area contributed by atoms with E-state index < -0.39 is 5.97 Å². The van der Waals surface area contributed by atoms with Crippen LogP contribution in [-0.2, 0) is 4.79 Å². The van der Waals surface area contributed by atoms with Crippen LogP contribution in [0.5, 0.6) is 0 Å². The minimum absolute atomic E-state index is 0.322. The molecular weight excluding hydrogens is 216 g/mol. The van der Waals surface area contributed by atoms with Gasteiger partial charge in [-0.2, -0.15) is 0 Å². The van der Waals surface area contributed by atoms with Crippen LogP contribution in [-0.4, -0.2) is 59.6 Å². The molecule has 4 heteroatoms. The molecular formula is C13H28N2O2. The molecule has 0 rings (SSSR count). The van der Waals surface area contributed by atoms with Gasteiger partial charge in [0.1, 0.15) is 6.04 Å². The van der Waals surface area contributed by atoms with Gasteiger partial charge in [-0.3, -0.25) is 9.69 Å². The molecule has 0 aliphatic carbocycles.